The van der Waals surface area contributed by atoms with E-state index in [0.29, 0.717) is 0 Å². The third-order valence-corrected chi connectivity index (χ3v) is 11.4. The Morgan fingerprint density at radius 2 is 1.15 bits per heavy atom. The molecule has 3 nitrogen and oxygen atoms in total. The van der Waals surface area contributed by atoms with E-state index in [1.165, 1.54) is 54.8 Å². The number of fused-ring (bicyclic) bond motifs is 10. The van der Waals surface area contributed by atoms with Gasteiger partial charge in [-0.05, 0) is 74.8 Å². The fourth-order valence-corrected chi connectivity index (χ4v) is 8.91. The van der Waals surface area contributed by atoms with Crippen molar-refractivity contribution in [3.8, 4) is 39.5 Å². The Bertz CT molecular complexity index is 3100. The maximum Gasteiger partial charge on any atom is 0.161 e. The van der Waals surface area contributed by atoms with E-state index in [2.05, 4.69) is 176 Å². The maximum absolute atomic E-state index is 5.26. The molecule has 2 heterocycles. The highest BCUT2D eigenvalue weighted by molar-refractivity contribution is 6.15. The van der Waals surface area contributed by atoms with Crippen LogP contribution in [0, 0.1) is 0 Å². The van der Waals surface area contributed by atoms with Crippen molar-refractivity contribution in [2.24, 2.45) is 0 Å². The monoisotopic (exact) mass is 663 g/mol. The molecular formula is C49H33N3. The van der Waals surface area contributed by atoms with Crippen LogP contribution in [0.25, 0.3) is 93.7 Å². The Hall–Kier alpha value is -6.58. The minimum absolute atomic E-state index is 0.139. The van der Waals surface area contributed by atoms with Crippen LogP contribution < -0.4 is 0 Å². The zero-order valence-electron chi connectivity index (χ0n) is 28.9. The van der Waals surface area contributed by atoms with Crippen LogP contribution in [-0.4, -0.2) is 14.5 Å². The van der Waals surface area contributed by atoms with Crippen molar-refractivity contribution in [3.63, 3.8) is 0 Å². The third-order valence-electron chi connectivity index (χ3n) is 11.4. The fraction of sp³-hybridized carbons (Fsp3) is 0.0612. The molecule has 0 bridgehead atoms. The van der Waals surface area contributed by atoms with Crippen molar-refractivity contribution in [1.82, 2.24) is 14.5 Å². The van der Waals surface area contributed by atoms with E-state index in [1.54, 1.807) is 0 Å². The van der Waals surface area contributed by atoms with Crippen LogP contribution in [0.3, 0.4) is 0 Å². The van der Waals surface area contributed by atoms with Crippen molar-refractivity contribution < 1.29 is 0 Å². The van der Waals surface area contributed by atoms with Crippen molar-refractivity contribution in [2.75, 3.05) is 0 Å². The molecule has 2 aromatic heterocycles. The number of rotatable bonds is 3. The Kier molecular flexibility index (Phi) is 6.01. The first-order chi connectivity index (χ1) is 25.6. The first kappa shape index (κ1) is 29.2. The van der Waals surface area contributed by atoms with Crippen LogP contribution in [0.5, 0.6) is 0 Å². The highest BCUT2D eigenvalue weighted by Crippen LogP contribution is 2.53. The van der Waals surface area contributed by atoms with Gasteiger partial charge in [0.15, 0.2) is 5.82 Å². The SMILES string of the molecule is CC1(C)c2cc3c(cc2-c2c1ccc1ccccc21)c1ccccc1n3-c1ccc(-c2nc(-c3ccccc3)c3ccccc3n2)c2ccccc12. The Morgan fingerprint density at radius 1 is 0.462 bits per heavy atom. The second kappa shape index (κ2) is 10.7. The predicted octanol–water partition coefficient (Wildman–Crippen LogP) is 12.7. The quantitative estimate of drug-likeness (QED) is 0.188. The van der Waals surface area contributed by atoms with Gasteiger partial charge < -0.3 is 4.57 Å². The molecule has 0 atom stereocenters. The van der Waals surface area contributed by atoms with Crippen molar-refractivity contribution in [3.05, 3.63) is 175 Å². The summed E-state index contributed by atoms with van der Waals surface area (Å²) < 4.78 is 2.48. The molecule has 0 saturated heterocycles. The second-order valence-corrected chi connectivity index (χ2v) is 14.6. The molecule has 0 aliphatic heterocycles. The van der Waals surface area contributed by atoms with E-state index in [-0.39, 0.29) is 5.41 Å². The van der Waals surface area contributed by atoms with E-state index in [4.69, 9.17) is 9.97 Å². The van der Waals surface area contributed by atoms with E-state index < -0.39 is 0 Å². The fourth-order valence-electron chi connectivity index (χ4n) is 8.91. The zero-order valence-corrected chi connectivity index (χ0v) is 28.9. The molecule has 1 aliphatic carbocycles. The summed E-state index contributed by atoms with van der Waals surface area (Å²) in [4.78, 5) is 10.4. The van der Waals surface area contributed by atoms with E-state index in [1.807, 2.05) is 6.07 Å². The molecule has 52 heavy (non-hydrogen) atoms. The summed E-state index contributed by atoms with van der Waals surface area (Å²) in [6, 6.07) is 59.2. The molecule has 0 saturated carbocycles. The normalized spacial score (nSPS) is 13.3. The number of nitrogens with zero attached hydrogens (tertiary/aromatic N) is 3. The Balaban J connectivity index is 1.18. The Labute approximate surface area is 301 Å². The molecule has 244 valence electrons. The molecule has 0 fully saturated rings. The molecule has 8 aromatic carbocycles. The summed E-state index contributed by atoms with van der Waals surface area (Å²) in [6.07, 6.45) is 0. The van der Waals surface area contributed by atoms with Gasteiger partial charge in [0.1, 0.15) is 0 Å². The summed E-state index contributed by atoms with van der Waals surface area (Å²) in [5.74, 6) is 0.729. The number of hydrogen-bond donors (Lipinski definition) is 0. The lowest BCUT2D eigenvalue weighted by Gasteiger charge is -2.22. The van der Waals surface area contributed by atoms with Gasteiger partial charge in [0.2, 0.25) is 0 Å². The largest absolute Gasteiger partial charge is 0.309 e. The molecule has 1 aliphatic rings. The lowest BCUT2D eigenvalue weighted by molar-refractivity contribution is 0.661. The number of hydrogen-bond acceptors (Lipinski definition) is 2. The highest BCUT2D eigenvalue weighted by atomic mass is 15.0. The van der Waals surface area contributed by atoms with Crippen LogP contribution >= 0.6 is 0 Å². The van der Waals surface area contributed by atoms with Gasteiger partial charge in [0.05, 0.1) is 27.9 Å². The summed E-state index contributed by atoms with van der Waals surface area (Å²) >= 11 is 0. The molecule has 0 unspecified atom stereocenters. The molecule has 0 amide bonds. The van der Waals surface area contributed by atoms with Crippen LogP contribution in [-0.2, 0) is 5.41 Å². The van der Waals surface area contributed by atoms with E-state index in [9.17, 15) is 0 Å². The average molecular weight is 664 g/mol. The predicted molar refractivity (Wildman–Crippen MR) is 217 cm³/mol. The summed E-state index contributed by atoms with van der Waals surface area (Å²) in [7, 11) is 0. The standard InChI is InChI=1S/C49H33N3/c1-49(2)40-26-24-30-14-6-7-17-32(30)46(40)39-28-38-35-20-11-13-23-43(35)52(45(38)29-41(39)49)44-27-25-36(33-18-8-9-19-34(33)44)48-50-42-22-12-10-21-37(42)47(51-48)31-15-4-3-5-16-31/h3-29H,1-2H3. The van der Waals surface area contributed by atoms with Gasteiger partial charge in [-0.1, -0.05) is 141 Å². The van der Waals surface area contributed by atoms with Crippen molar-refractivity contribution in [1.29, 1.82) is 0 Å². The topological polar surface area (TPSA) is 30.7 Å². The first-order valence-electron chi connectivity index (χ1n) is 18.0. The van der Waals surface area contributed by atoms with Crippen LogP contribution in [0.1, 0.15) is 25.0 Å². The lowest BCUT2D eigenvalue weighted by Crippen LogP contribution is -2.15. The van der Waals surface area contributed by atoms with Gasteiger partial charge in [-0.2, -0.15) is 0 Å². The zero-order chi connectivity index (χ0) is 34.6. The number of para-hydroxylation sites is 2. The molecule has 10 aromatic rings. The van der Waals surface area contributed by atoms with Crippen LogP contribution in [0.15, 0.2) is 164 Å². The second-order valence-electron chi connectivity index (χ2n) is 14.6. The third kappa shape index (κ3) is 4.02. The summed E-state index contributed by atoms with van der Waals surface area (Å²) in [6.45, 7) is 4.76. The van der Waals surface area contributed by atoms with Gasteiger partial charge >= 0.3 is 0 Å². The average Bonchev–Trinajstić information content (AvgIpc) is 3.64. The van der Waals surface area contributed by atoms with E-state index in [0.717, 1.165) is 50.0 Å². The molecule has 3 heteroatoms. The van der Waals surface area contributed by atoms with Crippen molar-refractivity contribution in [2.45, 2.75) is 19.3 Å². The van der Waals surface area contributed by atoms with Gasteiger partial charge in [-0.15, -0.1) is 0 Å². The van der Waals surface area contributed by atoms with Crippen LogP contribution in [0.2, 0.25) is 0 Å². The highest BCUT2D eigenvalue weighted by Gasteiger charge is 2.37. The Morgan fingerprint density at radius 3 is 2.00 bits per heavy atom. The summed E-state index contributed by atoms with van der Waals surface area (Å²) in [5, 5.41) is 8.47. The van der Waals surface area contributed by atoms with E-state index >= 15 is 0 Å². The summed E-state index contributed by atoms with van der Waals surface area (Å²) in [5.41, 5.74) is 12.9. The van der Waals surface area contributed by atoms with Crippen molar-refractivity contribution >= 4 is 54.3 Å². The molecule has 0 radical (unpaired) electrons. The van der Waals surface area contributed by atoms with Gasteiger partial charge in [-0.3, -0.25) is 0 Å². The molecular weight excluding hydrogens is 631 g/mol. The number of benzene rings is 8. The molecule has 0 N–H and O–H groups in total. The van der Waals surface area contributed by atoms with Crippen LogP contribution in [0.4, 0.5) is 0 Å². The molecule has 0 spiro atoms. The number of aromatic nitrogens is 3. The smallest absolute Gasteiger partial charge is 0.161 e. The van der Waals surface area contributed by atoms with Gasteiger partial charge in [-0.25, -0.2) is 9.97 Å². The minimum Gasteiger partial charge on any atom is -0.309 e. The maximum atomic E-state index is 5.26. The first-order valence-corrected chi connectivity index (χ1v) is 18.0. The molecule has 11 rings (SSSR count). The van der Waals surface area contributed by atoms with Gasteiger partial charge in [0, 0.05) is 38.1 Å². The minimum atomic E-state index is -0.139. The lowest BCUT2D eigenvalue weighted by atomic mass is 9.82. The van der Waals surface area contributed by atoms with Gasteiger partial charge in [0.25, 0.3) is 0 Å².